The second-order valence-electron chi connectivity index (χ2n) is 10.6. The van der Waals surface area contributed by atoms with E-state index in [-0.39, 0.29) is 17.4 Å². The average molecular weight is 589 g/mol. The van der Waals surface area contributed by atoms with E-state index in [1.807, 2.05) is 48.5 Å². The van der Waals surface area contributed by atoms with Crippen LogP contribution in [0.15, 0.2) is 98.6 Å². The number of furan rings is 1. The van der Waals surface area contributed by atoms with Gasteiger partial charge >= 0.3 is 0 Å². The van der Waals surface area contributed by atoms with E-state index in [0.717, 1.165) is 40.8 Å². The quantitative estimate of drug-likeness (QED) is 0.234. The molecule has 0 amide bonds. The highest BCUT2D eigenvalue weighted by Crippen LogP contribution is 2.42. The number of fused-ring (bicyclic) bond motifs is 3. The Hall–Kier alpha value is -4.95. The van der Waals surface area contributed by atoms with Crippen LogP contribution in [0.4, 0.5) is 0 Å². The van der Waals surface area contributed by atoms with Crippen molar-refractivity contribution in [1.82, 2.24) is 4.57 Å². The third kappa shape index (κ3) is 4.64. The number of carbonyl (C=O) groups is 1. The van der Waals surface area contributed by atoms with Gasteiger partial charge in [-0.1, -0.05) is 65.9 Å². The number of Topliss-reactive ketones (excluding diaryl/α,β-unsaturated/α-hetero) is 1. The van der Waals surface area contributed by atoms with Crippen molar-refractivity contribution >= 4 is 28.9 Å². The molecule has 0 N–H and O–H groups in total. The number of rotatable bonds is 6. The van der Waals surface area contributed by atoms with Crippen molar-refractivity contribution in [2.75, 3.05) is 14.2 Å². The molecule has 0 saturated carbocycles. The van der Waals surface area contributed by atoms with E-state index in [2.05, 4.69) is 18.2 Å². The number of aryl methyl sites for hydroxylation is 1. The summed E-state index contributed by atoms with van der Waals surface area (Å²) in [4.78, 5) is 31.5. The first kappa shape index (κ1) is 26.9. The van der Waals surface area contributed by atoms with Crippen LogP contribution >= 0.6 is 11.3 Å². The summed E-state index contributed by atoms with van der Waals surface area (Å²) in [5.74, 6) is 2.47. The van der Waals surface area contributed by atoms with Crippen LogP contribution in [0.5, 0.6) is 11.5 Å². The molecular weight excluding hydrogens is 560 g/mol. The van der Waals surface area contributed by atoms with E-state index in [9.17, 15) is 9.59 Å². The molecule has 3 heterocycles. The lowest BCUT2D eigenvalue weighted by atomic mass is 9.83. The molecule has 5 aromatic rings. The number of thiazole rings is 1. The topological polar surface area (TPSA) is 83.0 Å². The van der Waals surface area contributed by atoms with Crippen molar-refractivity contribution in [1.29, 1.82) is 0 Å². The highest BCUT2D eigenvalue weighted by atomic mass is 32.1. The van der Waals surface area contributed by atoms with Gasteiger partial charge in [0.25, 0.3) is 5.56 Å². The van der Waals surface area contributed by atoms with Gasteiger partial charge in [-0.25, -0.2) is 4.99 Å². The van der Waals surface area contributed by atoms with Gasteiger partial charge in [0.05, 0.1) is 30.5 Å². The summed E-state index contributed by atoms with van der Waals surface area (Å²) in [5.41, 5.74) is 6.71. The predicted molar refractivity (Wildman–Crippen MR) is 166 cm³/mol. The maximum atomic E-state index is 14.1. The number of carbonyl (C=O) groups excluding carboxylic acids is 1. The fourth-order valence-electron chi connectivity index (χ4n) is 5.93. The van der Waals surface area contributed by atoms with Gasteiger partial charge in [0.2, 0.25) is 0 Å². The number of allylic oxidation sites excluding steroid dienone is 1. The maximum Gasteiger partial charge on any atom is 0.271 e. The van der Waals surface area contributed by atoms with E-state index in [4.69, 9.17) is 18.9 Å². The number of hydrogen-bond acceptors (Lipinski definition) is 7. The van der Waals surface area contributed by atoms with Crippen molar-refractivity contribution in [3.63, 3.8) is 0 Å². The lowest BCUT2D eigenvalue weighted by Gasteiger charge is -2.31. The summed E-state index contributed by atoms with van der Waals surface area (Å²) in [6, 6.07) is 24.8. The standard InChI is InChI=1S/C35H28N2O5S/c1-20(38)21-8-10-23(11-9-21)28-17-14-25(42-28)19-31-34(39)37-33(24-13-16-29(40-2)30(18-24)41-3)27-15-12-22-6-4-5-7-26(22)32(27)36-35(37)43-31/h4-11,13-14,16-19,33H,12,15H2,1-3H3/b31-19+/t33-/m0/s1. The fourth-order valence-corrected chi connectivity index (χ4v) is 6.91. The molecule has 43 heavy (non-hydrogen) atoms. The molecule has 0 unspecified atom stereocenters. The molecular formula is C35H28N2O5S. The molecule has 1 aliphatic carbocycles. The van der Waals surface area contributed by atoms with E-state index in [0.29, 0.717) is 37.9 Å². The highest BCUT2D eigenvalue weighted by Gasteiger charge is 2.33. The van der Waals surface area contributed by atoms with Crippen LogP contribution in [-0.2, 0) is 6.42 Å². The largest absolute Gasteiger partial charge is 0.493 e. The van der Waals surface area contributed by atoms with Crippen LogP contribution in [-0.4, -0.2) is 24.6 Å². The number of aromatic nitrogens is 1. The first-order valence-electron chi connectivity index (χ1n) is 14.0. The first-order chi connectivity index (χ1) is 20.9. The smallest absolute Gasteiger partial charge is 0.271 e. The normalized spacial score (nSPS) is 15.8. The van der Waals surface area contributed by atoms with E-state index in [1.165, 1.54) is 16.9 Å². The Balaban J connectivity index is 1.37. The number of methoxy groups -OCH3 is 2. The minimum atomic E-state index is -0.339. The Morgan fingerprint density at radius 3 is 2.53 bits per heavy atom. The summed E-state index contributed by atoms with van der Waals surface area (Å²) in [5, 5.41) is 0. The van der Waals surface area contributed by atoms with Gasteiger partial charge in [0.1, 0.15) is 11.5 Å². The van der Waals surface area contributed by atoms with Crippen LogP contribution in [0.3, 0.4) is 0 Å². The molecule has 7 nitrogen and oxygen atoms in total. The number of nitrogens with zero attached hydrogens (tertiary/aromatic N) is 2. The Bertz CT molecular complexity index is 2110. The second kappa shape index (κ2) is 10.7. The third-order valence-electron chi connectivity index (χ3n) is 8.07. The Morgan fingerprint density at radius 1 is 0.977 bits per heavy atom. The molecule has 7 rings (SSSR count). The summed E-state index contributed by atoms with van der Waals surface area (Å²) in [6.45, 7) is 1.54. The number of ether oxygens (including phenoxy) is 2. The molecule has 2 aliphatic rings. The van der Waals surface area contributed by atoms with Crippen LogP contribution in [0.2, 0.25) is 0 Å². The molecule has 0 fully saturated rings. The molecule has 0 bridgehead atoms. The first-order valence-corrected chi connectivity index (χ1v) is 14.8. The maximum absolute atomic E-state index is 14.1. The predicted octanol–water partition coefficient (Wildman–Crippen LogP) is 5.80. The average Bonchev–Trinajstić information content (AvgIpc) is 3.63. The minimum Gasteiger partial charge on any atom is -0.493 e. The zero-order chi connectivity index (χ0) is 29.7. The molecule has 3 aromatic carbocycles. The number of hydrogen-bond donors (Lipinski definition) is 0. The summed E-state index contributed by atoms with van der Waals surface area (Å²) >= 11 is 1.35. The zero-order valence-electron chi connectivity index (χ0n) is 23.9. The molecule has 1 atom stereocenters. The summed E-state index contributed by atoms with van der Waals surface area (Å²) in [7, 11) is 3.23. The van der Waals surface area contributed by atoms with Crippen molar-refractivity contribution in [3.05, 3.63) is 132 Å². The highest BCUT2D eigenvalue weighted by molar-refractivity contribution is 7.07. The van der Waals surface area contributed by atoms with Crippen molar-refractivity contribution in [3.8, 4) is 22.8 Å². The summed E-state index contributed by atoms with van der Waals surface area (Å²) in [6.07, 6.45) is 3.45. The van der Waals surface area contributed by atoms with Crippen molar-refractivity contribution in [2.45, 2.75) is 25.8 Å². The Morgan fingerprint density at radius 2 is 1.77 bits per heavy atom. The molecule has 1 aliphatic heterocycles. The van der Waals surface area contributed by atoms with Crippen LogP contribution in [0.1, 0.15) is 52.2 Å². The van der Waals surface area contributed by atoms with E-state index >= 15 is 0 Å². The van der Waals surface area contributed by atoms with Gasteiger partial charge in [-0.2, -0.15) is 0 Å². The van der Waals surface area contributed by atoms with E-state index < -0.39 is 0 Å². The van der Waals surface area contributed by atoms with Crippen LogP contribution < -0.4 is 24.4 Å². The van der Waals surface area contributed by atoms with Gasteiger partial charge < -0.3 is 13.9 Å². The third-order valence-corrected chi connectivity index (χ3v) is 9.06. The Kier molecular flexibility index (Phi) is 6.70. The minimum absolute atomic E-state index is 0.0126. The molecule has 0 spiro atoms. The zero-order valence-corrected chi connectivity index (χ0v) is 24.7. The lowest BCUT2D eigenvalue weighted by Crippen LogP contribution is -2.38. The van der Waals surface area contributed by atoms with Gasteiger partial charge in [-0.3, -0.25) is 14.2 Å². The fraction of sp³-hybridized carbons (Fsp3) is 0.171. The number of benzene rings is 3. The van der Waals surface area contributed by atoms with Crippen molar-refractivity contribution < 1.29 is 18.7 Å². The Labute approximate surface area is 251 Å². The van der Waals surface area contributed by atoms with Gasteiger partial charge in [-0.05, 0) is 60.7 Å². The number of ketones is 1. The molecule has 8 heteroatoms. The van der Waals surface area contributed by atoms with Crippen molar-refractivity contribution in [2.24, 2.45) is 4.99 Å². The molecule has 2 aromatic heterocycles. The van der Waals surface area contributed by atoms with E-state index in [1.54, 1.807) is 43.9 Å². The van der Waals surface area contributed by atoms with Gasteiger partial charge in [0, 0.05) is 22.8 Å². The molecule has 214 valence electrons. The van der Waals surface area contributed by atoms with Crippen LogP contribution in [0.25, 0.3) is 23.1 Å². The second-order valence-corrected chi connectivity index (χ2v) is 11.6. The molecule has 0 radical (unpaired) electrons. The molecule has 0 saturated heterocycles. The van der Waals surface area contributed by atoms with Gasteiger partial charge in [-0.15, -0.1) is 0 Å². The van der Waals surface area contributed by atoms with Crippen LogP contribution in [0, 0.1) is 0 Å². The SMILES string of the molecule is COc1ccc([C@H]2C3=C(N=c4s/c(=C/c5ccc(-c6ccc(C(C)=O)cc6)o5)c(=O)n42)c2ccccc2CC3)cc1OC. The summed E-state index contributed by atoms with van der Waals surface area (Å²) < 4.78 is 19.6. The van der Waals surface area contributed by atoms with Gasteiger partial charge in [0.15, 0.2) is 22.1 Å². The lowest BCUT2D eigenvalue weighted by molar-refractivity contribution is 0.101. The monoisotopic (exact) mass is 588 g/mol.